The molecule has 1 N–H and O–H groups in total. The Kier molecular flexibility index (Phi) is 8.44. The Bertz CT molecular complexity index is 1060. The lowest BCUT2D eigenvalue weighted by atomic mass is 9.87. The molecule has 1 aliphatic rings. The van der Waals surface area contributed by atoms with Crippen molar-refractivity contribution in [2.75, 3.05) is 4.90 Å². The summed E-state index contributed by atoms with van der Waals surface area (Å²) >= 11 is 5.06. The minimum atomic E-state index is -4.57. The van der Waals surface area contributed by atoms with Crippen molar-refractivity contribution in [3.63, 3.8) is 0 Å². The van der Waals surface area contributed by atoms with Gasteiger partial charge < -0.3 is 5.32 Å². The second kappa shape index (κ2) is 10.8. The molecule has 1 aliphatic carbocycles. The molecule has 0 aliphatic heterocycles. The minimum Gasteiger partial charge on any atom is -0.351 e. The van der Waals surface area contributed by atoms with Gasteiger partial charge in [0.1, 0.15) is 6.33 Å². The predicted molar refractivity (Wildman–Crippen MR) is 121 cm³/mol. The molecule has 2 aromatic rings. The first kappa shape index (κ1) is 28.0. The number of rotatable bonds is 7. The lowest BCUT2D eigenvalue weighted by Gasteiger charge is -2.41. The maximum absolute atomic E-state index is 14.2. The van der Waals surface area contributed by atoms with Crippen molar-refractivity contribution in [3.05, 3.63) is 48.5 Å². The smallest absolute Gasteiger partial charge is 0.351 e. The van der Waals surface area contributed by atoms with Crippen LogP contribution in [0.1, 0.15) is 38.2 Å². The molecule has 0 saturated heterocycles. The monoisotopic (exact) mass is 554 g/mol. The van der Waals surface area contributed by atoms with Crippen molar-refractivity contribution >= 4 is 40.9 Å². The van der Waals surface area contributed by atoms with Crippen LogP contribution in [-0.2, 0) is 15.1 Å². The number of anilines is 1. The molecule has 0 bridgehead atoms. The number of carbonyl (C=O) groups is 2. The highest BCUT2D eigenvalue weighted by Gasteiger charge is 2.48. The average Bonchev–Trinajstić information content (AvgIpc) is 2.81. The van der Waals surface area contributed by atoms with Crippen LogP contribution in [-0.4, -0.2) is 44.9 Å². The second-order valence-electron chi connectivity index (χ2n) is 8.32. The van der Waals surface area contributed by atoms with Gasteiger partial charge in [0.25, 0.3) is 17.4 Å². The molecular formula is C22H21ClF6N4O2S. The van der Waals surface area contributed by atoms with E-state index in [1.54, 1.807) is 0 Å². The van der Waals surface area contributed by atoms with Crippen molar-refractivity contribution in [1.29, 1.82) is 0 Å². The van der Waals surface area contributed by atoms with E-state index in [1.807, 2.05) is 0 Å². The number of aromatic nitrogens is 2. The Morgan fingerprint density at radius 1 is 1.14 bits per heavy atom. The molecule has 6 nitrogen and oxygen atoms in total. The number of amides is 2. The van der Waals surface area contributed by atoms with E-state index in [1.165, 1.54) is 19.3 Å². The van der Waals surface area contributed by atoms with Crippen LogP contribution in [0.5, 0.6) is 0 Å². The van der Waals surface area contributed by atoms with E-state index in [0.717, 1.165) is 30.6 Å². The molecule has 0 radical (unpaired) electrons. The van der Waals surface area contributed by atoms with E-state index >= 15 is 0 Å². The number of hydrogen-bond donors (Lipinski definition) is 1. The van der Waals surface area contributed by atoms with Crippen LogP contribution < -0.4 is 10.2 Å². The number of nitrogens with zero attached hydrogens (tertiary/aromatic N) is 3. The fourth-order valence-electron chi connectivity index (χ4n) is 3.92. The van der Waals surface area contributed by atoms with Crippen LogP contribution in [0.2, 0.25) is 0 Å². The summed E-state index contributed by atoms with van der Waals surface area (Å²) in [6.45, 7) is 1.26. The van der Waals surface area contributed by atoms with Gasteiger partial charge in [0.2, 0.25) is 5.92 Å². The van der Waals surface area contributed by atoms with Gasteiger partial charge in [0, 0.05) is 47.4 Å². The SMILES string of the molecule is C[C@](C(=O)NC1CCC(F)(F)CC1)(c1cncnc1)N(C(=O)[C@H](F)Cl)c1ccc(SC(F)(F)F)cc1. The number of nitrogens with one attached hydrogen (secondary N) is 1. The standard InChI is InChI=1S/C22H21ClF6N4O2S/c1-20(13-10-30-12-31-11-13,19(35)32-14-6-8-21(25,26)9-7-14)33(18(34)17(23)24)15-2-4-16(5-3-15)36-22(27,28)29/h2-5,10-12,14,17H,6-9H2,1H3,(H,32,35)/t17-,20+/m0/s1. The fourth-order valence-corrected chi connectivity index (χ4v) is 4.56. The molecule has 1 saturated carbocycles. The van der Waals surface area contributed by atoms with Crippen LogP contribution in [0.15, 0.2) is 47.9 Å². The van der Waals surface area contributed by atoms with Gasteiger partial charge in [-0.3, -0.25) is 14.5 Å². The van der Waals surface area contributed by atoms with Gasteiger partial charge in [-0.1, -0.05) is 11.6 Å². The van der Waals surface area contributed by atoms with Crippen molar-refractivity contribution in [2.24, 2.45) is 0 Å². The number of hydrogen-bond acceptors (Lipinski definition) is 5. The highest BCUT2D eigenvalue weighted by molar-refractivity contribution is 8.00. The molecule has 1 heterocycles. The molecule has 196 valence electrons. The maximum Gasteiger partial charge on any atom is 0.446 e. The van der Waals surface area contributed by atoms with Gasteiger partial charge in [-0.2, -0.15) is 13.2 Å². The molecule has 1 fully saturated rings. The first-order chi connectivity index (χ1) is 16.7. The molecule has 0 unspecified atom stereocenters. The average molecular weight is 555 g/mol. The number of benzene rings is 1. The van der Waals surface area contributed by atoms with E-state index < -0.39 is 65.1 Å². The van der Waals surface area contributed by atoms with E-state index in [-0.39, 0.29) is 29.0 Å². The van der Waals surface area contributed by atoms with Crippen LogP contribution in [0.4, 0.5) is 32.0 Å². The summed E-state index contributed by atoms with van der Waals surface area (Å²) in [6.07, 6.45) is 2.61. The molecule has 1 aromatic heterocycles. The van der Waals surface area contributed by atoms with Crippen LogP contribution in [0.25, 0.3) is 0 Å². The Morgan fingerprint density at radius 3 is 2.19 bits per heavy atom. The Balaban J connectivity index is 2.04. The summed E-state index contributed by atoms with van der Waals surface area (Å²) in [7, 11) is 0. The van der Waals surface area contributed by atoms with E-state index in [9.17, 15) is 35.9 Å². The quantitative estimate of drug-likeness (QED) is 0.275. The summed E-state index contributed by atoms with van der Waals surface area (Å²) in [5, 5.41) is 2.64. The van der Waals surface area contributed by atoms with E-state index in [2.05, 4.69) is 15.3 Å². The highest BCUT2D eigenvalue weighted by atomic mass is 35.5. The lowest BCUT2D eigenvalue weighted by Crippen LogP contribution is -2.60. The van der Waals surface area contributed by atoms with Crippen LogP contribution in [0, 0.1) is 0 Å². The molecule has 0 spiro atoms. The summed E-state index contributed by atoms with van der Waals surface area (Å²) in [4.78, 5) is 34.8. The van der Waals surface area contributed by atoms with Crippen molar-refractivity contribution in [1.82, 2.24) is 15.3 Å². The Hall–Kier alpha value is -2.54. The zero-order chi connectivity index (χ0) is 26.7. The van der Waals surface area contributed by atoms with Gasteiger partial charge >= 0.3 is 5.51 Å². The van der Waals surface area contributed by atoms with Crippen LogP contribution in [0.3, 0.4) is 0 Å². The zero-order valence-corrected chi connectivity index (χ0v) is 20.3. The number of alkyl halides is 7. The largest absolute Gasteiger partial charge is 0.446 e. The predicted octanol–water partition coefficient (Wildman–Crippen LogP) is 5.57. The molecule has 1 aromatic carbocycles. The Morgan fingerprint density at radius 2 is 1.69 bits per heavy atom. The highest BCUT2D eigenvalue weighted by Crippen LogP contribution is 2.40. The van der Waals surface area contributed by atoms with Gasteiger partial charge in [0.05, 0.1) is 0 Å². The first-order valence-corrected chi connectivity index (χ1v) is 11.9. The lowest BCUT2D eigenvalue weighted by molar-refractivity contribution is -0.132. The van der Waals surface area contributed by atoms with Crippen molar-refractivity contribution in [2.45, 2.75) is 66.1 Å². The number of thioether (sulfide) groups is 1. The van der Waals surface area contributed by atoms with Crippen molar-refractivity contribution in [3.8, 4) is 0 Å². The number of halogens is 7. The maximum atomic E-state index is 14.2. The van der Waals surface area contributed by atoms with Crippen LogP contribution >= 0.6 is 23.4 Å². The molecule has 36 heavy (non-hydrogen) atoms. The molecule has 3 rings (SSSR count). The fraction of sp³-hybridized carbons (Fsp3) is 0.455. The number of carbonyl (C=O) groups excluding carboxylic acids is 2. The molecule has 2 amide bonds. The summed E-state index contributed by atoms with van der Waals surface area (Å²) in [6, 6.07) is 3.68. The molecular weight excluding hydrogens is 534 g/mol. The van der Waals surface area contributed by atoms with Gasteiger partial charge in [-0.25, -0.2) is 23.1 Å². The van der Waals surface area contributed by atoms with Gasteiger partial charge in [-0.15, -0.1) is 0 Å². The third kappa shape index (κ3) is 6.61. The van der Waals surface area contributed by atoms with Gasteiger partial charge in [0.15, 0.2) is 5.54 Å². The molecule has 2 atom stereocenters. The van der Waals surface area contributed by atoms with Crippen molar-refractivity contribution < 1.29 is 35.9 Å². The second-order valence-corrected chi connectivity index (χ2v) is 9.84. The van der Waals surface area contributed by atoms with E-state index in [0.29, 0.717) is 4.90 Å². The normalized spacial score (nSPS) is 18.7. The third-order valence-corrected chi connectivity index (χ3v) is 6.73. The topological polar surface area (TPSA) is 75.2 Å². The third-order valence-electron chi connectivity index (χ3n) is 5.80. The Labute approximate surface area is 211 Å². The first-order valence-electron chi connectivity index (χ1n) is 10.7. The van der Waals surface area contributed by atoms with Gasteiger partial charge in [-0.05, 0) is 55.8 Å². The summed E-state index contributed by atoms with van der Waals surface area (Å²) < 4.78 is 79.5. The minimum absolute atomic E-state index is 0.0291. The molecule has 14 heteroatoms. The summed E-state index contributed by atoms with van der Waals surface area (Å²) in [5.74, 6) is -5.08. The zero-order valence-electron chi connectivity index (χ0n) is 18.7. The van der Waals surface area contributed by atoms with E-state index in [4.69, 9.17) is 11.6 Å². The summed E-state index contributed by atoms with van der Waals surface area (Å²) in [5.41, 5.74) is -9.33.